The third-order valence-corrected chi connectivity index (χ3v) is 6.35. The van der Waals surface area contributed by atoms with Crippen LogP contribution in [0.4, 0.5) is 5.82 Å². The van der Waals surface area contributed by atoms with Gasteiger partial charge in [0.15, 0.2) is 5.82 Å². The number of ether oxygens (including phenoxy) is 1. The smallest absolute Gasteiger partial charge is 0.211 e. The van der Waals surface area contributed by atoms with Crippen molar-refractivity contribution in [2.75, 3.05) is 51.6 Å². The molecule has 1 saturated heterocycles. The molecule has 26 heavy (non-hydrogen) atoms. The van der Waals surface area contributed by atoms with Crippen molar-refractivity contribution in [3.8, 4) is 0 Å². The largest absolute Gasteiger partial charge is 0.383 e. The van der Waals surface area contributed by atoms with Gasteiger partial charge in [-0.15, -0.1) is 0 Å². The Kier molecular flexibility index (Phi) is 5.50. The zero-order chi connectivity index (χ0) is 18.9. The third-order valence-electron chi connectivity index (χ3n) is 5.05. The number of hydrogen-bond acceptors (Lipinski definition) is 6. The predicted octanol–water partition coefficient (Wildman–Crippen LogP) is 1.19. The van der Waals surface area contributed by atoms with Gasteiger partial charge in [0.05, 0.1) is 24.7 Å². The molecular weight excluding hydrogens is 354 g/mol. The van der Waals surface area contributed by atoms with Crippen molar-refractivity contribution in [2.24, 2.45) is 7.05 Å². The molecular formula is C17H27N5O3S. The molecule has 0 saturated carbocycles. The van der Waals surface area contributed by atoms with Gasteiger partial charge in [-0.25, -0.2) is 22.7 Å². The predicted molar refractivity (Wildman–Crippen MR) is 102 cm³/mol. The fourth-order valence-electron chi connectivity index (χ4n) is 3.42. The molecule has 0 spiro atoms. The van der Waals surface area contributed by atoms with Crippen LogP contribution >= 0.6 is 0 Å². The lowest BCUT2D eigenvalue weighted by molar-refractivity contribution is 0.206. The first-order chi connectivity index (χ1) is 12.3. The second-order valence-corrected chi connectivity index (χ2v) is 8.93. The Morgan fingerprint density at radius 1 is 1.35 bits per heavy atom. The number of fused-ring (bicyclic) bond motifs is 1. The fourth-order valence-corrected chi connectivity index (χ4v) is 4.30. The van der Waals surface area contributed by atoms with Gasteiger partial charge in [0.2, 0.25) is 10.0 Å². The van der Waals surface area contributed by atoms with E-state index in [-0.39, 0.29) is 5.92 Å². The maximum Gasteiger partial charge on any atom is 0.211 e. The monoisotopic (exact) mass is 381 g/mol. The zero-order valence-electron chi connectivity index (χ0n) is 15.8. The van der Waals surface area contributed by atoms with Crippen LogP contribution in [0.2, 0.25) is 0 Å². The number of imidazole rings is 1. The average Bonchev–Trinajstić information content (AvgIpc) is 2.99. The Balaban J connectivity index is 1.91. The maximum atomic E-state index is 11.7. The molecule has 2 aromatic rings. The first-order valence-corrected chi connectivity index (χ1v) is 10.6. The van der Waals surface area contributed by atoms with Crippen LogP contribution in [-0.4, -0.2) is 73.9 Å². The van der Waals surface area contributed by atoms with Crippen molar-refractivity contribution in [2.45, 2.75) is 18.8 Å². The SMILES string of the molecule is COCCN(C)c1nc(C2CCN(S(C)(=O)=O)CC2)cc2c1ncn2C. The van der Waals surface area contributed by atoms with E-state index in [2.05, 4.69) is 16.0 Å². The first-order valence-electron chi connectivity index (χ1n) is 8.78. The van der Waals surface area contributed by atoms with Crippen molar-refractivity contribution in [3.63, 3.8) is 0 Å². The highest BCUT2D eigenvalue weighted by molar-refractivity contribution is 7.88. The summed E-state index contributed by atoms with van der Waals surface area (Å²) in [7, 11) is 2.53. The summed E-state index contributed by atoms with van der Waals surface area (Å²) >= 11 is 0. The minimum atomic E-state index is -3.12. The van der Waals surface area contributed by atoms with E-state index in [4.69, 9.17) is 9.72 Å². The van der Waals surface area contributed by atoms with Gasteiger partial charge in [-0.2, -0.15) is 0 Å². The third kappa shape index (κ3) is 3.84. The molecule has 0 bridgehead atoms. The number of sulfonamides is 1. The lowest BCUT2D eigenvalue weighted by Gasteiger charge is -2.30. The molecule has 0 N–H and O–H groups in total. The van der Waals surface area contributed by atoms with Crippen molar-refractivity contribution >= 4 is 26.9 Å². The molecule has 0 atom stereocenters. The van der Waals surface area contributed by atoms with Crippen LogP contribution in [0.15, 0.2) is 12.4 Å². The lowest BCUT2D eigenvalue weighted by Crippen LogP contribution is -2.37. The molecule has 2 aromatic heterocycles. The molecule has 3 rings (SSSR count). The van der Waals surface area contributed by atoms with Gasteiger partial charge in [-0.1, -0.05) is 0 Å². The fraction of sp³-hybridized carbons (Fsp3) is 0.647. The summed E-state index contributed by atoms with van der Waals surface area (Å²) in [4.78, 5) is 11.5. The molecule has 0 aliphatic carbocycles. The Bertz CT molecular complexity index is 872. The van der Waals surface area contributed by atoms with Gasteiger partial charge >= 0.3 is 0 Å². The molecule has 3 heterocycles. The number of pyridine rings is 1. The van der Waals surface area contributed by atoms with Crippen molar-refractivity contribution in [3.05, 3.63) is 18.1 Å². The highest BCUT2D eigenvalue weighted by Gasteiger charge is 2.27. The van der Waals surface area contributed by atoms with E-state index < -0.39 is 10.0 Å². The van der Waals surface area contributed by atoms with E-state index >= 15 is 0 Å². The Morgan fingerprint density at radius 3 is 2.65 bits per heavy atom. The van der Waals surface area contributed by atoms with Crippen molar-refractivity contribution in [1.29, 1.82) is 0 Å². The number of rotatable bonds is 6. The molecule has 0 unspecified atom stereocenters. The second-order valence-electron chi connectivity index (χ2n) is 6.94. The molecule has 0 aromatic carbocycles. The van der Waals surface area contributed by atoms with Crippen molar-refractivity contribution in [1.82, 2.24) is 18.8 Å². The molecule has 1 fully saturated rings. The van der Waals surface area contributed by atoms with Crippen LogP contribution in [0.25, 0.3) is 11.0 Å². The summed E-state index contributed by atoms with van der Waals surface area (Å²) < 4.78 is 32.2. The molecule has 0 radical (unpaired) electrons. The van der Waals surface area contributed by atoms with Crippen LogP contribution in [0.5, 0.6) is 0 Å². The molecule has 8 nitrogen and oxygen atoms in total. The van der Waals surface area contributed by atoms with Crippen LogP contribution in [0.3, 0.4) is 0 Å². The molecule has 1 aliphatic rings. The number of hydrogen-bond donors (Lipinski definition) is 0. The summed E-state index contributed by atoms with van der Waals surface area (Å²) in [5.41, 5.74) is 2.93. The number of aryl methyl sites for hydroxylation is 1. The van der Waals surface area contributed by atoms with E-state index in [1.54, 1.807) is 17.7 Å². The van der Waals surface area contributed by atoms with Gasteiger partial charge in [-0.3, -0.25) is 0 Å². The normalized spacial score (nSPS) is 17.1. The summed E-state index contributed by atoms with van der Waals surface area (Å²) in [6, 6.07) is 2.09. The average molecular weight is 382 g/mol. The second kappa shape index (κ2) is 7.50. The van der Waals surface area contributed by atoms with Gasteiger partial charge in [0, 0.05) is 52.5 Å². The van der Waals surface area contributed by atoms with Gasteiger partial charge in [0.25, 0.3) is 0 Å². The highest BCUT2D eigenvalue weighted by Crippen LogP contribution is 2.32. The van der Waals surface area contributed by atoms with Crippen LogP contribution in [-0.2, 0) is 21.8 Å². The Labute approximate surface area is 154 Å². The van der Waals surface area contributed by atoms with Crippen LogP contribution in [0, 0.1) is 0 Å². The minimum absolute atomic E-state index is 0.252. The summed E-state index contributed by atoms with van der Waals surface area (Å²) in [5.74, 6) is 1.10. The minimum Gasteiger partial charge on any atom is -0.383 e. The molecule has 144 valence electrons. The van der Waals surface area contributed by atoms with E-state index in [0.29, 0.717) is 19.7 Å². The lowest BCUT2D eigenvalue weighted by atomic mass is 9.94. The summed E-state index contributed by atoms with van der Waals surface area (Å²) in [6.45, 7) is 2.43. The van der Waals surface area contributed by atoms with Crippen LogP contribution in [0.1, 0.15) is 24.5 Å². The van der Waals surface area contributed by atoms with E-state index in [1.807, 2.05) is 18.7 Å². The number of piperidine rings is 1. The van der Waals surface area contributed by atoms with E-state index in [1.165, 1.54) is 6.26 Å². The zero-order valence-corrected chi connectivity index (χ0v) is 16.7. The quantitative estimate of drug-likeness (QED) is 0.748. The standard InChI is InChI=1S/C17H27N5O3S/c1-20(9-10-25-3)17-16-15(21(2)12-18-16)11-14(19-17)13-5-7-22(8-6-13)26(4,23)24/h11-13H,5-10H2,1-4H3. The van der Waals surface area contributed by atoms with Gasteiger partial charge in [-0.05, 0) is 18.9 Å². The number of likely N-dealkylation sites (N-methyl/N-ethyl adjacent to an activating group) is 1. The summed E-state index contributed by atoms with van der Waals surface area (Å²) in [5, 5.41) is 0. The van der Waals surface area contributed by atoms with Crippen LogP contribution < -0.4 is 4.90 Å². The summed E-state index contributed by atoms with van der Waals surface area (Å²) in [6.07, 6.45) is 4.64. The van der Waals surface area contributed by atoms with Gasteiger partial charge in [0.1, 0.15) is 5.52 Å². The highest BCUT2D eigenvalue weighted by atomic mass is 32.2. The number of methoxy groups -OCH3 is 1. The van der Waals surface area contributed by atoms with Crippen molar-refractivity contribution < 1.29 is 13.2 Å². The molecule has 0 amide bonds. The maximum absolute atomic E-state index is 11.7. The first kappa shape index (κ1) is 19.1. The number of anilines is 1. The number of aromatic nitrogens is 3. The Morgan fingerprint density at radius 2 is 2.04 bits per heavy atom. The molecule has 1 aliphatic heterocycles. The van der Waals surface area contributed by atoms with E-state index in [9.17, 15) is 8.42 Å². The Hall–Kier alpha value is -1.71. The number of nitrogens with zero attached hydrogens (tertiary/aromatic N) is 5. The topological polar surface area (TPSA) is 80.6 Å². The molecule has 9 heteroatoms. The van der Waals surface area contributed by atoms with Gasteiger partial charge < -0.3 is 14.2 Å². The van der Waals surface area contributed by atoms with E-state index in [0.717, 1.165) is 41.9 Å².